The van der Waals surface area contributed by atoms with Crippen LogP contribution in [0, 0.1) is 12.8 Å². The van der Waals surface area contributed by atoms with Gasteiger partial charge in [-0.05, 0) is 43.4 Å². The average Bonchev–Trinajstić information content (AvgIpc) is 2.42. The molecule has 0 saturated heterocycles. The summed E-state index contributed by atoms with van der Waals surface area (Å²) < 4.78 is 1.00. The van der Waals surface area contributed by atoms with Crippen molar-refractivity contribution in [3.05, 3.63) is 33.8 Å². The Labute approximate surface area is 124 Å². The van der Waals surface area contributed by atoms with Gasteiger partial charge in [-0.25, -0.2) is 0 Å². The molecule has 1 aliphatic carbocycles. The molecule has 19 heavy (non-hydrogen) atoms. The molecule has 2 rings (SSSR count). The van der Waals surface area contributed by atoms with Gasteiger partial charge in [0, 0.05) is 23.6 Å². The standard InChI is InChI=1S/C16H22BrNO/c1-12-14(9-6-10-15(12)17)16(19)18(2)11-13-7-4-3-5-8-13/h6,9-10,13H,3-5,7-8,11H2,1-2H3. The third kappa shape index (κ3) is 3.59. The lowest BCUT2D eigenvalue weighted by molar-refractivity contribution is 0.0760. The maximum absolute atomic E-state index is 12.5. The molecule has 1 amide bonds. The molecule has 1 aliphatic rings. The number of rotatable bonds is 3. The normalized spacial score (nSPS) is 16.4. The predicted octanol–water partition coefficient (Wildman–Crippen LogP) is 4.41. The third-order valence-electron chi connectivity index (χ3n) is 4.10. The largest absolute Gasteiger partial charge is 0.341 e. The molecule has 0 radical (unpaired) electrons. The highest BCUT2D eigenvalue weighted by molar-refractivity contribution is 9.10. The van der Waals surface area contributed by atoms with Crippen molar-refractivity contribution < 1.29 is 4.79 Å². The zero-order valence-corrected chi connectivity index (χ0v) is 13.4. The Kier molecular flexibility index (Phi) is 5.03. The number of hydrogen-bond acceptors (Lipinski definition) is 1. The van der Waals surface area contributed by atoms with Crippen molar-refractivity contribution in [1.29, 1.82) is 0 Å². The maximum Gasteiger partial charge on any atom is 0.253 e. The molecule has 0 spiro atoms. The molecule has 1 saturated carbocycles. The Morgan fingerprint density at radius 3 is 2.68 bits per heavy atom. The number of carbonyl (C=O) groups excluding carboxylic acids is 1. The SMILES string of the molecule is Cc1c(Br)cccc1C(=O)N(C)CC1CCCCC1. The first kappa shape index (κ1) is 14.6. The summed E-state index contributed by atoms with van der Waals surface area (Å²) in [5, 5.41) is 0. The summed E-state index contributed by atoms with van der Waals surface area (Å²) in [4.78, 5) is 14.4. The van der Waals surface area contributed by atoms with Crippen LogP contribution in [-0.4, -0.2) is 24.4 Å². The number of nitrogens with zero attached hydrogens (tertiary/aromatic N) is 1. The highest BCUT2D eigenvalue weighted by Crippen LogP contribution is 2.25. The summed E-state index contributed by atoms with van der Waals surface area (Å²) >= 11 is 3.49. The summed E-state index contributed by atoms with van der Waals surface area (Å²) in [6.07, 6.45) is 6.55. The molecule has 1 aromatic carbocycles. The Morgan fingerprint density at radius 1 is 1.32 bits per heavy atom. The van der Waals surface area contributed by atoms with E-state index in [-0.39, 0.29) is 5.91 Å². The summed E-state index contributed by atoms with van der Waals surface area (Å²) in [7, 11) is 1.93. The van der Waals surface area contributed by atoms with Gasteiger partial charge < -0.3 is 4.90 Å². The molecule has 104 valence electrons. The van der Waals surface area contributed by atoms with Gasteiger partial charge in [0.05, 0.1) is 0 Å². The number of hydrogen-bond donors (Lipinski definition) is 0. The molecule has 1 aromatic rings. The van der Waals surface area contributed by atoms with E-state index in [2.05, 4.69) is 15.9 Å². The van der Waals surface area contributed by atoms with Gasteiger partial charge in [0.1, 0.15) is 0 Å². The summed E-state index contributed by atoms with van der Waals surface area (Å²) in [5.74, 6) is 0.833. The first-order chi connectivity index (χ1) is 9.09. The monoisotopic (exact) mass is 323 g/mol. The maximum atomic E-state index is 12.5. The zero-order valence-electron chi connectivity index (χ0n) is 11.8. The smallest absolute Gasteiger partial charge is 0.253 e. The molecule has 0 atom stereocenters. The fraction of sp³-hybridized carbons (Fsp3) is 0.562. The molecular formula is C16H22BrNO. The lowest BCUT2D eigenvalue weighted by atomic mass is 9.89. The van der Waals surface area contributed by atoms with Crippen LogP contribution in [0.1, 0.15) is 48.0 Å². The quantitative estimate of drug-likeness (QED) is 0.806. The zero-order chi connectivity index (χ0) is 13.8. The molecule has 1 fully saturated rings. The van der Waals surface area contributed by atoms with E-state index in [0.29, 0.717) is 5.92 Å². The van der Waals surface area contributed by atoms with Crippen LogP contribution < -0.4 is 0 Å². The predicted molar refractivity (Wildman–Crippen MR) is 82.4 cm³/mol. The average molecular weight is 324 g/mol. The van der Waals surface area contributed by atoms with Crippen molar-refractivity contribution in [2.45, 2.75) is 39.0 Å². The second-order valence-electron chi connectivity index (χ2n) is 5.60. The van der Waals surface area contributed by atoms with Crippen LogP contribution >= 0.6 is 15.9 Å². The minimum Gasteiger partial charge on any atom is -0.341 e. The number of amides is 1. The van der Waals surface area contributed by atoms with Crippen LogP contribution in [-0.2, 0) is 0 Å². The van der Waals surface area contributed by atoms with Crippen LogP contribution in [0.15, 0.2) is 22.7 Å². The van der Waals surface area contributed by atoms with Crippen LogP contribution in [0.3, 0.4) is 0 Å². The van der Waals surface area contributed by atoms with E-state index >= 15 is 0 Å². The first-order valence-corrected chi connectivity index (χ1v) is 7.89. The molecule has 2 nitrogen and oxygen atoms in total. The van der Waals surface area contributed by atoms with Crippen molar-refractivity contribution in [3.8, 4) is 0 Å². The van der Waals surface area contributed by atoms with Gasteiger partial charge >= 0.3 is 0 Å². The van der Waals surface area contributed by atoms with E-state index in [4.69, 9.17) is 0 Å². The minimum atomic E-state index is 0.143. The van der Waals surface area contributed by atoms with Gasteiger partial charge in [0.2, 0.25) is 0 Å². The van der Waals surface area contributed by atoms with E-state index in [9.17, 15) is 4.79 Å². The molecule has 3 heteroatoms. The Balaban J connectivity index is 2.03. The topological polar surface area (TPSA) is 20.3 Å². The van der Waals surface area contributed by atoms with Crippen LogP contribution in [0.5, 0.6) is 0 Å². The third-order valence-corrected chi connectivity index (χ3v) is 4.96. The highest BCUT2D eigenvalue weighted by Gasteiger charge is 2.20. The van der Waals surface area contributed by atoms with Crippen molar-refractivity contribution in [2.75, 3.05) is 13.6 Å². The van der Waals surface area contributed by atoms with Crippen LogP contribution in [0.4, 0.5) is 0 Å². The number of halogens is 1. The fourth-order valence-electron chi connectivity index (χ4n) is 2.88. The first-order valence-electron chi connectivity index (χ1n) is 7.10. The van der Waals surface area contributed by atoms with E-state index in [1.54, 1.807) is 0 Å². The molecule has 0 unspecified atom stereocenters. The second-order valence-corrected chi connectivity index (χ2v) is 6.46. The van der Waals surface area contributed by atoms with Gasteiger partial charge in [-0.2, -0.15) is 0 Å². The lowest BCUT2D eigenvalue weighted by Gasteiger charge is -2.27. The van der Waals surface area contributed by atoms with Gasteiger partial charge in [-0.15, -0.1) is 0 Å². The van der Waals surface area contributed by atoms with Crippen molar-refractivity contribution in [3.63, 3.8) is 0 Å². The Bertz CT molecular complexity index is 452. The summed E-state index contributed by atoms with van der Waals surface area (Å²) in [5.41, 5.74) is 1.84. The molecule has 0 bridgehead atoms. The van der Waals surface area contributed by atoms with Crippen molar-refractivity contribution in [2.24, 2.45) is 5.92 Å². The van der Waals surface area contributed by atoms with Gasteiger partial charge in [-0.3, -0.25) is 4.79 Å². The summed E-state index contributed by atoms with van der Waals surface area (Å²) in [6.45, 7) is 2.89. The second kappa shape index (κ2) is 6.56. The Hall–Kier alpha value is -0.830. The fourth-order valence-corrected chi connectivity index (χ4v) is 3.25. The minimum absolute atomic E-state index is 0.143. The van der Waals surface area contributed by atoms with Gasteiger partial charge in [0.15, 0.2) is 0 Å². The van der Waals surface area contributed by atoms with Crippen LogP contribution in [0.2, 0.25) is 0 Å². The van der Waals surface area contributed by atoms with Gasteiger partial charge in [-0.1, -0.05) is 41.3 Å². The van der Waals surface area contributed by atoms with E-state index < -0.39 is 0 Å². The van der Waals surface area contributed by atoms with Crippen LogP contribution in [0.25, 0.3) is 0 Å². The molecule has 0 N–H and O–H groups in total. The van der Waals surface area contributed by atoms with Crippen molar-refractivity contribution >= 4 is 21.8 Å². The number of carbonyl (C=O) groups is 1. The molecular weight excluding hydrogens is 302 g/mol. The molecule has 0 heterocycles. The Morgan fingerprint density at radius 2 is 2.00 bits per heavy atom. The molecule has 0 aromatic heterocycles. The summed E-state index contributed by atoms with van der Waals surface area (Å²) in [6, 6.07) is 5.83. The van der Waals surface area contributed by atoms with E-state index in [1.807, 2.05) is 37.1 Å². The number of benzene rings is 1. The van der Waals surface area contributed by atoms with Gasteiger partial charge in [0.25, 0.3) is 5.91 Å². The van der Waals surface area contributed by atoms with E-state index in [0.717, 1.165) is 22.1 Å². The lowest BCUT2D eigenvalue weighted by Crippen LogP contribution is -2.33. The molecule has 0 aliphatic heterocycles. The highest BCUT2D eigenvalue weighted by atomic mass is 79.9. The van der Waals surface area contributed by atoms with Crippen molar-refractivity contribution in [1.82, 2.24) is 4.90 Å². The van der Waals surface area contributed by atoms with E-state index in [1.165, 1.54) is 32.1 Å².